The van der Waals surface area contributed by atoms with E-state index in [1.165, 1.54) is 6.42 Å². The number of likely N-dealkylation sites (N-methyl/N-ethyl adjacent to an activating group) is 1. The average molecular weight is 252 g/mol. The zero-order valence-electron chi connectivity index (χ0n) is 11.8. The summed E-state index contributed by atoms with van der Waals surface area (Å²) in [5, 5.41) is 8.97. The molecule has 0 unspecified atom stereocenters. The van der Waals surface area contributed by atoms with Gasteiger partial charge in [0, 0.05) is 33.3 Å². The van der Waals surface area contributed by atoms with Crippen molar-refractivity contribution in [3.05, 3.63) is 11.9 Å². The SMILES string of the molecule is CCCCN(C)c1cc(N(C)CCO)nc(C)n1. The number of aliphatic hydroxyl groups is 1. The first-order valence-corrected chi connectivity index (χ1v) is 6.47. The summed E-state index contributed by atoms with van der Waals surface area (Å²) >= 11 is 0. The number of anilines is 2. The number of unbranched alkanes of at least 4 members (excludes halogenated alkanes) is 1. The zero-order valence-corrected chi connectivity index (χ0v) is 11.8. The van der Waals surface area contributed by atoms with E-state index in [1.807, 2.05) is 32.0 Å². The van der Waals surface area contributed by atoms with Gasteiger partial charge in [0.25, 0.3) is 0 Å². The molecule has 0 aliphatic heterocycles. The van der Waals surface area contributed by atoms with E-state index in [0.29, 0.717) is 6.54 Å². The Bertz CT molecular complexity index is 370. The standard InChI is InChI=1S/C13H24N4O/c1-5-6-7-16(3)12-10-13(15-11(2)14-12)17(4)8-9-18/h10,18H,5-9H2,1-4H3. The molecule has 1 heterocycles. The lowest BCUT2D eigenvalue weighted by Crippen LogP contribution is -2.25. The van der Waals surface area contributed by atoms with Gasteiger partial charge in [-0.3, -0.25) is 0 Å². The molecule has 102 valence electrons. The van der Waals surface area contributed by atoms with E-state index in [9.17, 15) is 0 Å². The van der Waals surface area contributed by atoms with Gasteiger partial charge < -0.3 is 14.9 Å². The molecule has 0 amide bonds. The highest BCUT2D eigenvalue weighted by molar-refractivity contribution is 5.50. The summed E-state index contributed by atoms with van der Waals surface area (Å²) < 4.78 is 0. The van der Waals surface area contributed by atoms with E-state index in [4.69, 9.17) is 5.11 Å². The van der Waals surface area contributed by atoms with E-state index >= 15 is 0 Å². The molecule has 1 N–H and O–H groups in total. The maximum atomic E-state index is 8.97. The van der Waals surface area contributed by atoms with Gasteiger partial charge in [-0.1, -0.05) is 13.3 Å². The summed E-state index contributed by atoms with van der Waals surface area (Å²) in [4.78, 5) is 12.9. The Morgan fingerprint density at radius 3 is 2.17 bits per heavy atom. The van der Waals surface area contributed by atoms with Crippen LogP contribution < -0.4 is 9.80 Å². The Balaban J connectivity index is 2.86. The zero-order chi connectivity index (χ0) is 13.5. The van der Waals surface area contributed by atoms with Crippen molar-refractivity contribution in [2.75, 3.05) is 43.6 Å². The number of nitrogens with zero attached hydrogens (tertiary/aromatic N) is 4. The Kier molecular flexibility index (Phi) is 5.85. The number of aryl methyl sites for hydroxylation is 1. The molecule has 0 aromatic carbocycles. The third-order valence-electron chi connectivity index (χ3n) is 2.88. The number of aliphatic hydroxyl groups excluding tert-OH is 1. The van der Waals surface area contributed by atoms with Gasteiger partial charge in [0.05, 0.1) is 6.61 Å². The van der Waals surface area contributed by atoms with Gasteiger partial charge in [-0.2, -0.15) is 0 Å². The van der Waals surface area contributed by atoms with Crippen molar-refractivity contribution in [1.29, 1.82) is 0 Å². The van der Waals surface area contributed by atoms with E-state index in [-0.39, 0.29) is 6.61 Å². The van der Waals surface area contributed by atoms with Crippen molar-refractivity contribution >= 4 is 11.6 Å². The van der Waals surface area contributed by atoms with Gasteiger partial charge in [-0.25, -0.2) is 9.97 Å². The largest absolute Gasteiger partial charge is 0.395 e. The molecule has 0 saturated heterocycles. The van der Waals surface area contributed by atoms with Crippen molar-refractivity contribution in [3.63, 3.8) is 0 Å². The quantitative estimate of drug-likeness (QED) is 0.796. The second kappa shape index (κ2) is 7.16. The monoisotopic (exact) mass is 252 g/mol. The number of hydrogen-bond donors (Lipinski definition) is 1. The summed E-state index contributed by atoms with van der Waals surface area (Å²) in [5.41, 5.74) is 0. The normalized spacial score (nSPS) is 10.5. The minimum absolute atomic E-state index is 0.126. The number of rotatable bonds is 7. The predicted octanol–water partition coefficient (Wildman–Crippen LogP) is 1.45. The first-order valence-electron chi connectivity index (χ1n) is 6.47. The van der Waals surface area contributed by atoms with Crippen LogP contribution in [-0.2, 0) is 0 Å². The van der Waals surface area contributed by atoms with Gasteiger partial charge in [0.15, 0.2) is 0 Å². The van der Waals surface area contributed by atoms with Crippen LogP contribution in [0.5, 0.6) is 0 Å². The summed E-state index contributed by atoms with van der Waals surface area (Å²) in [6.45, 7) is 5.78. The fourth-order valence-electron chi connectivity index (χ4n) is 1.70. The van der Waals surface area contributed by atoms with Crippen LogP contribution in [0.1, 0.15) is 25.6 Å². The molecule has 0 aliphatic carbocycles. The van der Waals surface area contributed by atoms with E-state index in [2.05, 4.69) is 21.8 Å². The van der Waals surface area contributed by atoms with Gasteiger partial charge in [-0.05, 0) is 13.3 Å². The maximum Gasteiger partial charge on any atom is 0.134 e. The molecule has 1 aromatic rings. The van der Waals surface area contributed by atoms with Crippen LogP contribution >= 0.6 is 0 Å². The van der Waals surface area contributed by atoms with Crippen molar-refractivity contribution in [2.45, 2.75) is 26.7 Å². The van der Waals surface area contributed by atoms with Crippen molar-refractivity contribution in [1.82, 2.24) is 9.97 Å². The van der Waals surface area contributed by atoms with E-state index < -0.39 is 0 Å². The molecular weight excluding hydrogens is 228 g/mol. The molecule has 5 nitrogen and oxygen atoms in total. The molecule has 5 heteroatoms. The van der Waals surface area contributed by atoms with Crippen LogP contribution in [0.4, 0.5) is 11.6 Å². The maximum absolute atomic E-state index is 8.97. The van der Waals surface area contributed by atoms with Crippen LogP contribution in [-0.4, -0.2) is 48.9 Å². The van der Waals surface area contributed by atoms with Crippen LogP contribution in [0.2, 0.25) is 0 Å². The first kappa shape index (κ1) is 14.7. The fraction of sp³-hybridized carbons (Fsp3) is 0.692. The van der Waals surface area contributed by atoms with Gasteiger partial charge in [0.1, 0.15) is 17.5 Å². The van der Waals surface area contributed by atoms with Crippen LogP contribution in [0, 0.1) is 6.92 Å². The highest BCUT2D eigenvalue weighted by atomic mass is 16.3. The molecule has 0 saturated carbocycles. The highest BCUT2D eigenvalue weighted by Crippen LogP contribution is 2.17. The molecule has 0 bridgehead atoms. The second-order valence-corrected chi connectivity index (χ2v) is 4.55. The smallest absolute Gasteiger partial charge is 0.134 e. The van der Waals surface area contributed by atoms with Gasteiger partial charge in [0.2, 0.25) is 0 Å². The van der Waals surface area contributed by atoms with Crippen molar-refractivity contribution in [2.24, 2.45) is 0 Å². The third kappa shape index (κ3) is 4.14. The molecule has 1 aromatic heterocycles. The fourth-order valence-corrected chi connectivity index (χ4v) is 1.70. The number of hydrogen-bond acceptors (Lipinski definition) is 5. The van der Waals surface area contributed by atoms with Crippen molar-refractivity contribution < 1.29 is 5.11 Å². The van der Waals surface area contributed by atoms with E-state index in [0.717, 1.165) is 30.4 Å². The molecular formula is C13H24N4O. The van der Waals surface area contributed by atoms with Crippen molar-refractivity contribution in [3.8, 4) is 0 Å². The molecule has 18 heavy (non-hydrogen) atoms. The Hall–Kier alpha value is -1.36. The Morgan fingerprint density at radius 2 is 1.67 bits per heavy atom. The second-order valence-electron chi connectivity index (χ2n) is 4.55. The predicted molar refractivity (Wildman–Crippen MR) is 75.3 cm³/mol. The lowest BCUT2D eigenvalue weighted by atomic mass is 10.3. The van der Waals surface area contributed by atoms with E-state index in [1.54, 1.807) is 0 Å². The molecule has 0 fully saturated rings. The molecule has 0 aliphatic rings. The summed E-state index contributed by atoms with van der Waals surface area (Å²) in [6.07, 6.45) is 2.33. The topological polar surface area (TPSA) is 52.5 Å². The van der Waals surface area contributed by atoms with Crippen LogP contribution in [0.25, 0.3) is 0 Å². The lowest BCUT2D eigenvalue weighted by Gasteiger charge is -2.22. The lowest BCUT2D eigenvalue weighted by molar-refractivity contribution is 0.304. The summed E-state index contributed by atoms with van der Waals surface area (Å²) in [5.74, 6) is 2.56. The minimum atomic E-state index is 0.126. The first-order chi connectivity index (χ1) is 8.58. The summed E-state index contributed by atoms with van der Waals surface area (Å²) in [7, 11) is 3.97. The number of aromatic nitrogens is 2. The average Bonchev–Trinajstić information content (AvgIpc) is 2.35. The Morgan fingerprint density at radius 1 is 1.11 bits per heavy atom. The highest BCUT2D eigenvalue weighted by Gasteiger charge is 2.09. The molecule has 0 radical (unpaired) electrons. The molecule has 0 spiro atoms. The molecule has 0 atom stereocenters. The van der Waals surface area contributed by atoms with Crippen LogP contribution in [0.3, 0.4) is 0 Å². The van der Waals surface area contributed by atoms with Gasteiger partial charge in [-0.15, -0.1) is 0 Å². The van der Waals surface area contributed by atoms with Gasteiger partial charge >= 0.3 is 0 Å². The van der Waals surface area contributed by atoms with Crippen LogP contribution in [0.15, 0.2) is 6.07 Å². The Labute approximate surface area is 109 Å². The third-order valence-corrected chi connectivity index (χ3v) is 2.88. The molecule has 1 rings (SSSR count). The minimum Gasteiger partial charge on any atom is -0.395 e. The summed E-state index contributed by atoms with van der Waals surface area (Å²) in [6, 6.07) is 1.97.